The second-order valence-corrected chi connectivity index (χ2v) is 3.98. The van der Waals surface area contributed by atoms with Crippen molar-refractivity contribution in [1.82, 2.24) is 0 Å². The highest BCUT2D eigenvalue weighted by Crippen LogP contribution is 2.43. The Bertz CT molecular complexity index is 289. The van der Waals surface area contributed by atoms with E-state index < -0.39 is 0 Å². The number of fused-ring (bicyclic) bond motifs is 1. The van der Waals surface area contributed by atoms with Crippen LogP contribution in [0, 0.1) is 0 Å². The Balaban J connectivity index is 2.46. The summed E-state index contributed by atoms with van der Waals surface area (Å²) in [5.41, 5.74) is 1.04. The van der Waals surface area contributed by atoms with E-state index in [1.165, 1.54) is 11.8 Å². The Morgan fingerprint density at radius 3 is 3.20 bits per heavy atom. The molecule has 0 saturated heterocycles. The maximum atomic E-state index is 10.1. The van der Waals surface area contributed by atoms with E-state index in [1.54, 1.807) is 11.3 Å². The lowest BCUT2D eigenvalue weighted by molar-refractivity contribution is 0.568. The van der Waals surface area contributed by atoms with E-state index in [1.807, 2.05) is 17.4 Å². The minimum atomic E-state index is 0.571. The highest BCUT2D eigenvalue weighted by molar-refractivity contribution is 8.05. The van der Waals surface area contributed by atoms with Crippen molar-refractivity contribution >= 4 is 34.7 Å². The van der Waals surface area contributed by atoms with Crippen LogP contribution < -0.4 is 5.32 Å². The van der Waals surface area contributed by atoms with Crippen molar-refractivity contribution in [1.29, 1.82) is 0 Å². The first-order chi connectivity index (χ1) is 4.90. The summed E-state index contributed by atoms with van der Waals surface area (Å²) in [6, 6.07) is 1.96. The molecule has 0 aliphatic carbocycles. The normalized spacial score (nSPS) is 14.2. The first-order valence-corrected chi connectivity index (χ1v) is 4.37. The number of thioether (sulfide) groups is 1. The van der Waals surface area contributed by atoms with Crippen LogP contribution in [0.15, 0.2) is 20.7 Å². The predicted molar refractivity (Wildman–Crippen MR) is 43.0 cm³/mol. The summed E-state index contributed by atoms with van der Waals surface area (Å²) in [6.07, 6.45) is 0. The van der Waals surface area contributed by atoms with E-state index in [9.17, 15) is 4.79 Å². The summed E-state index contributed by atoms with van der Waals surface area (Å²) < 4.78 is 1.15. The van der Waals surface area contributed by atoms with Crippen LogP contribution in [0.1, 0.15) is 0 Å². The summed E-state index contributed by atoms with van der Waals surface area (Å²) in [5.74, 6) is 1.82. The van der Waals surface area contributed by atoms with Crippen LogP contribution in [0.5, 0.6) is 0 Å². The van der Waals surface area contributed by atoms with Crippen molar-refractivity contribution in [3.8, 4) is 0 Å². The summed E-state index contributed by atoms with van der Waals surface area (Å²) in [4.78, 5) is 10.1. The molecule has 4 heteroatoms. The molecule has 1 aromatic heterocycles. The van der Waals surface area contributed by atoms with Crippen molar-refractivity contribution in [2.45, 2.75) is 4.21 Å². The van der Waals surface area contributed by atoms with E-state index in [2.05, 4.69) is 5.32 Å². The van der Waals surface area contributed by atoms with Crippen LogP contribution in [0.25, 0.3) is 0 Å². The molecule has 0 bridgehead atoms. The molecule has 10 heavy (non-hydrogen) atoms. The SMILES string of the molecule is O=C=C1Nc2ccsc2S1. The fourth-order valence-corrected chi connectivity index (χ4v) is 2.55. The standard InChI is InChI=1S/C6H3NOS2/c8-3-5-7-4-1-2-9-6(4)10-5/h1-2,7H. The second kappa shape index (κ2) is 2.16. The molecule has 1 aromatic rings. The van der Waals surface area contributed by atoms with E-state index in [4.69, 9.17) is 0 Å². The average molecular weight is 169 g/mol. The van der Waals surface area contributed by atoms with Gasteiger partial charge in [0.25, 0.3) is 0 Å². The molecule has 0 aromatic carbocycles. The van der Waals surface area contributed by atoms with Gasteiger partial charge in [-0.25, -0.2) is 4.79 Å². The lowest BCUT2D eigenvalue weighted by atomic mass is 10.5. The zero-order valence-corrected chi connectivity index (χ0v) is 6.51. The van der Waals surface area contributed by atoms with E-state index in [0.717, 1.165) is 9.90 Å². The maximum absolute atomic E-state index is 10.1. The third-order valence-corrected chi connectivity index (χ3v) is 3.21. The smallest absolute Gasteiger partial charge is 0.164 e. The number of anilines is 1. The van der Waals surface area contributed by atoms with Crippen molar-refractivity contribution in [3.63, 3.8) is 0 Å². The first-order valence-electron chi connectivity index (χ1n) is 2.67. The number of rotatable bonds is 0. The average Bonchev–Trinajstić information content (AvgIpc) is 2.42. The Labute approximate surface area is 65.9 Å². The van der Waals surface area contributed by atoms with Gasteiger partial charge in [-0.15, -0.1) is 11.3 Å². The quantitative estimate of drug-likeness (QED) is 0.602. The Kier molecular flexibility index (Phi) is 1.31. The number of hydrogen-bond acceptors (Lipinski definition) is 4. The molecule has 0 unspecified atom stereocenters. The van der Waals surface area contributed by atoms with Gasteiger partial charge in [-0.3, -0.25) is 0 Å². The van der Waals surface area contributed by atoms with Crippen molar-refractivity contribution < 1.29 is 4.79 Å². The summed E-state index contributed by atoms with van der Waals surface area (Å²) >= 11 is 3.08. The van der Waals surface area contributed by atoms with Crippen molar-refractivity contribution in [2.75, 3.05) is 5.32 Å². The molecule has 0 atom stereocenters. The predicted octanol–water partition coefficient (Wildman–Crippen LogP) is 1.94. The van der Waals surface area contributed by atoms with Gasteiger partial charge in [-0.1, -0.05) is 0 Å². The molecule has 0 radical (unpaired) electrons. The van der Waals surface area contributed by atoms with Crippen LogP contribution in [0.2, 0.25) is 0 Å². The molecule has 2 rings (SSSR count). The highest BCUT2D eigenvalue weighted by Gasteiger charge is 2.16. The Hall–Kier alpha value is -0.700. The number of carbonyl (C=O) groups excluding carboxylic acids is 1. The molecule has 0 spiro atoms. The fourth-order valence-electron chi connectivity index (χ4n) is 0.754. The van der Waals surface area contributed by atoms with Gasteiger partial charge in [0.1, 0.15) is 0 Å². The maximum Gasteiger partial charge on any atom is 0.164 e. The molecule has 2 heterocycles. The third-order valence-electron chi connectivity index (χ3n) is 1.17. The van der Waals surface area contributed by atoms with Gasteiger partial charge >= 0.3 is 0 Å². The summed E-state index contributed by atoms with van der Waals surface area (Å²) in [5, 5.41) is 5.49. The first kappa shape index (κ1) is 6.04. The van der Waals surface area contributed by atoms with E-state index in [0.29, 0.717) is 5.03 Å². The second-order valence-electron chi connectivity index (χ2n) is 1.78. The molecule has 50 valence electrons. The number of thiophene rings is 1. The molecule has 0 fully saturated rings. The Morgan fingerprint density at radius 2 is 2.50 bits per heavy atom. The minimum Gasteiger partial charge on any atom is -0.339 e. The molecular formula is C6H3NOS2. The molecule has 2 nitrogen and oxygen atoms in total. The lowest BCUT2D eigenvalue weighted by Crippen LogP contribution is -1.86. The largest absolute Gasteiger partial charge is 0.339 e. The molecule has 0 amide bonds. The fraction of sp³-hybridized carbons (Fsp3) is 0. The van der Waals surface area contributed by atoms with Crippen LogP contribution in [-0.4, -0.2) is 5.94 Å². The van der Waals surface area contributed by atoms with Crippen molar-refractivity contribution in [2.24, 2.45) is 0 Å². The minimum absolute atomic E-state index is 0.571. The highest BCUT2D eigenvalue weighted by atomic mass is 32.2. The zero-order chi connectivity index (χ0) is 6.97. The van der Waals surface area contributed by atoms with Crippen LogP contribution >= 0.6 is 23.1 Å². The van der Waals surface area contributed by atoms with Gasteiger partial charge in [0.2, 0.25) is 0 Å². The van der Waals surface area contributed by atoms with Crippen molar-refractivity contribution in [3.05, 3.63) is 16.5 Å². The van der Waals surface area contributed by atoms with Gasteiger partial charge in [-0.2, -0.15) is 0 Å². The van der Waals surface area contributed by atoms with Gasteiger partial charge in [0.15, 0.2) is 11.0 Å². The van der Waals surface area contributed by atoms with Gasteiger partial charge in [0, 0.05) is 0 Å². The third kappa shape index (κ3) is 0.778. The monoisotopic (exact) mass is 169 g/mol. The van der Waals surface area contributed by atoms with Gasteiger partial charge in [-0.05, 0) is 23.2 Å². The zero-order valence-electron chi connectivity index (χ0n) is 4.88. The van der Waals surface area contributed by atoms with Gasteiger partial charge < -0.3 is 5.32 Å². The topological polar surface area (TPSA) is 29.1 Å². The summed E-state index contributed by atoms with van der Waals surface area (Å²) in [7, 11) is 0. The van der Waals surface area contributed by atoms with E-state index >= 15 is 0 Å². The van der Waals surface area contributed by atoms with Gasteiger partial charge in [0.05, 0.1) is 9.90 Å². The Morgan fingerprint density at radius 1 is 1.60 bits per heavy atom. The molecule has 0 saturated carbocycles. The van der Waals surface area contributed by atoms with Crippen LogP contribution in [-0.2, 0) is 4.79 Å². The molecular weight excluding hydrogens is 166 g/mol. The summed E-state index contributed by atoms with van der Waals surface area (Å²) in [6.45, 7) is 0. The lowest BCUT2D eigenvalue weighted by Gasteiger charge is -1.87. The molecule has 1 N–H and O–H groups in total. The number of nitrogens with one attached hydrogen (secondary N) is 1. The molecule has 1 aliphatic rings. The van der Waals surface area contributed by atoms with Crippen LogP contribution in [0.4, 0.5) is 5.69 Å². The van der Waals surface area contributed by atoms with Crippen LogP contribution in [0.3, 0.4) is 0 Å². The molecule has 1 aliphatic heterocycles. The van der Waals surface area contributed by atoms with E-state index in [-0.39, 0.29) is 0 Å². The number of hydrogen-bond donors (Lipinski definition) is 1.